The minimum Gasteiger partial charge on any atom is -0.497 e. The zero-order valence-corrected chi connectivity index (χ0v) is 12.2. The Kier molecular flexibility index (Phi) is 3.47. The molecule has 0 saturated heterocycles. The highest BCUT2D eigenvalue weighted by Crippen LogP contribution is 2.40. The van der Waals surface area contributed by atoms with E-state index in [-0.39, 0.29) is 0 Å². The maximum Gasteiger partial charge on any atom is 0.131 e. The Morgan fingerprint density at radius 2 is 1.84 bits per heavy atom. The number of fused-ring (bicyclic) bond motifs is 1. The average molecular weight is 274 g/mol. The molecule has 3 rings (SSSR count). The molecule has 1 aromatic carbocycles. The Bertz CT molecular complexity index is 563. The van der Waals surface area contributed by atoms with E-state index in [0.717, 1.165) is 11.5 Å². The molecular formula is C16H18O2S. The molecule has 1 aromatic heterocycles. The number of rotatable bonds is 3. The fourth-order valence-corrected chi connectivity index (χ4v) is 3.91. The van der Waals surface area contributed by atoms with Gasteiger partial charge in [-0.05, 0) is 49.4 Å². The van der Waals surface area contributed by atoms with Crippen molar-refractivity contribution in [2.45, 2.75) is 25.7 Å². The van der Waals surface area contributed by atoms with E-state index in [0.29, 0.717) is 0 Å². The largest absolute Gasteiger partial charge is 0.497 e. The van der Waals surface area contributed by atoms with Crippen LogP contribution in [-0.4, -0.2) is 14.2 Å². The van der Waals surface area contributed by atoms with Crippen LogP contribution in [0.4, 0.5) is 0 Å². The molecule has 1 heterocycles. The van der Waals surface area contributed by atoms with E-state index in [9.17, 15) is 0 Å². The Balaban J connectivity index is 2.03. The van der Waals surface area contributed by atoms with E-state index in [1.165, 1.54) is 41.7 Å². The van der Waals surface area contributed by atoms with Gasteiger partial charge in [0.25, 0.3) is 0 Å². The van der Waals surface area contributed by atoms with Gasteiger partial charge in [0.1, 0.15) is 11.5 Å². The average Bonchev–Trinajstić information content (AvgIpc) is 2.90. The van der Waals surface area contributed by atoms with Crippen molar-refractivity contribution in [3.05, 3.63) is 34.7 Å². The maximum absolute atomic E-state index is 5.50. The molecular weight excluding hydrogens is 256 g/mol. The summed E-state index contributed by atoms with van der Waals surface area (Å²) >= 11 is 1.91. The first-order chi connectivity index (χ1) is 9.31. The molecule has 0 radical (unpaired) electrons. The van der Waals surface area contributed by atoms with Crippen LogP contribution in [0.5, 0.6) is 11.5 Å². The second-order valence-electron chi connectivity index (χ2n) is 4.83. The van der Waals surface area contributed by atoms with Crippen molar-refractivity contribution in [2.75, 3.05) is 14.2 Å². The first kappa shape index (κ1) is 12.5. The molecule has 0 spiro atoms. The summed E-state index contributed by atoms with van der Waals surface area (Å²) in [6.07, 6.45) is 5.11. The number of hydrogen-bond acceptors (Lipinski definition) is 3. The summed E-state index contributed by atoms with van der Waals surface area (Å²) < 4.78 is 10.8. The van der Waals surface area contributed by atoms with Crippen molar-refractivity contribution in [1.82, 2.24) is 0 Å². The molecule has 0 atom stereocenters. The third kappa shape index (κ3) is 2.35. The van der Waals surface area contributed by atoms with E-state index in [2.05, 4.69) is 12.1 Å². The number of aryl methyl sites for hydroxylation is 2. The zero-order chi connectivity index (χ0) is 13.2. The molecule has 0 unspecified atom stereocenters. The molecule has 0 fully saturated rings. The molecule has 3 heteroatoms. The fraction of sp³-hybridized carbons (Fsp3) is 0.375. The van der Waals surface area contributed by atoms with Crippen molar-refractivity contribution in [3.8, 4) is 21.9 Å². The predicted octanol–water partition coefficient (Wildman–Crippen LogP) is 4.31. The molecule has 1 aliphatic carbocycles. The summed E-state index contributed by atoms with van der Waals surface area (Å²) in [5.41, 5.74) is 2.70. The Morgan fingerprint density at radius 3 is 2.58 bits per heavy atom. The van der Waals surface area contributed by atoms with Crippen molar-refractivity contribution < 1.29 is 9.47 Å². The lowest BCUT2D eigenvalue weighted by Crippen LogP contribution is -1.96. The highest BCUT2D eigenvalue weighted by atomic mass is 32.1. The molecule has 100 valence electrons. The second kappa shape index (κ2) is 5.25. The summed E-state index contributed by atoms with van der Waals surface area (Å²) in [6, 6.07) is 8.38. The summed E-state index contributed by atoms with van der Waals surface area (Å²) in [5, 5.41) is 0. The number of benzene rings is 1. The summed E-state index contributed by atoms with van der Waals surface area (Å²) in [5.74, 6) is 1.72. The van der Waals surface area contributed by atoms with E-state index < -0.39 is 0 Å². The van der Waals surface area contributed by atoms with E-state index in [1.807, 2.05) is 23.5 Å². The molecule has 19 heavy (non-hydrogen) atoms. The highest BCUT2D eigenvalue weighted by Gasteiger charge is 2.16. The SMILES string of the molecule is COc1ccc(-c2cc3c(s2)CCCC3)c(OC)c1. The normalized spacial score (nSPS) is 14.0. The van der Waals surface area contributed by atoms with Crippen LogP contribution in [0.2, 0.25) is 0 Å². The van der Waals surface area contributed by atoms with Gasteiger partial charge in [-0.1, -0.05) is 0 Å². The van der Waals surface area contributed by atoms with Crippen LogP contribution < -0.4 is 9.47 Å². The van der Waals surface area contributed by atoms with Gasteiger partial charge in [0.2, 0.25) is 0 Å². The quantitative estimate of drug-likeness (QED) is 0.830. The van der Waals surface area contributed by atoms with E-state index >= 15 is 0 Å². The fourth-order valence-electron chi connectivity index (χ4n) is 2.63. The number of ether oxygens (including phenoxy) is 2. The van der Waals surface area contributed by atoms with Gasteiger partial charge >= 0.3 is 0 Å². The zero-order valence-electron chi connectivity index (χ0n) is 11.4. The third-order valence-electron chi connectivity index (χ3n) is 3.67. The Labute approximate surface area is 118 Å². The lowest BCUT2D eigenvalue weighted by atomic mass is 9.98. The summed E-state index contributed by atoms with van der Waals surface area (Å²) in [7, 11) is 3.39. The van der Waals surface area contributed by atoms with Crippen molar-refractivity contribution >= 4 is 11.3 Å². The van der Waals surface area contributed by atoms with Gasteiger partial charge in [-0.25, -0.2) is 0 Å². The van der Waals surface area contributed by atoms with Crippen molar-refractivity contribution in [1.29, 1.82) is 0 Å². The molecule has 0 saturated carbocycles. The minimum absolute atomic E-state index is 0.835. The van der Waals surface area contributed by atoms with Crippen molar-refractivity contribution in [2.24, 2.45) is 0 Å². The smallest absolute Gasteiger partial charge is 0.131 e. The molecule has 2 aromatic rings. The van der Waals surface area contributed by atoms with Crippen LogP contribution in [0.25, 0.3) is 10.4 Å². The Morgan fingerprint density at radius 1 is 1.00 bits per heavy atom. The van der Waals surface area contributed by atoms with Crippen LogP contribution >= 0.6 is 11.3 Å². The van der Waals surface area contributed by atoms with Gasteiger partial charge in [0.15, 0.2) is 0 Å². The van der Waals surface area contributed by atoms with Crippen LogP contribution in [0.15, 0.2) is 24.3 Å². The lowest BCUT2D eigenvalue weighted by Gasteiger charge is -2.08. The lowest BCUT2D eigenvalue weighted by molar-refractivity contribution is 0.395. The molecule has 0 N–H and O–H groups in total. The van der Waals surface area contributed by atoms with Gasteiger partial charge in [0, 0.05) is 21.4 Å². The first-order valence-electron chi connectivity index (χ1n) is 6.66. The molecule has 0 amide bonds. The first-order valence-corrected chi connectivity index (χ1v) is 7.47. The molecule has 0 bridgehead atoms. The van der Waals surface area contributed by atoms with E-state index in [4.69, 9.17) is 9.47 Å². The van der Waals surface area contributed by atoms with Gasteiger partial charge in [-0.3, -0.25) is 0 Å². The monoisotopic (exact) mass is 274 g/mol. The topological polar surface area (TPSA) is 18.5 Å². The van der Waals surface area contributed by atoms with Crippen molar-refractivity contribution in [3.63, 3.8) is 0 Å². The summed E-state index contributed by atoms with van der Waals surface area (Å²) in [6.45, 7) is 0. The maximum atomic E-state index is 5.50. The van der Waals surface area contributed by atoms with Crippen LogP contribution in [0.1, 0.15) is 23.3 Å². The third-order valence-corrected chi connectivity index (χ3v) is 4.94. The molecule has 1 aliphatic rings. The number of hydrogen-bond donors (Lipinski definition) is 0. The minimum atomic E-state index is 0.835. The molecule has 2 nitrogen and oxygen atoms in total. The van der Waals surface area contributed by atoms with Gasteiger partial charge < -0.3 is 9.47 Å². The highest BCUT2D eigenvalue weighted by molar-refractivity contribution is 7.15. The summed E-state index contributed by atoms with van der Waals surface area (Å²) in [4.78, 5) is 2.87. The Hall–Kier alpha value is -1.48. The van der Waals surface area contributed by atoms with Crippen LogP contribution in [0.3, 0.4) is 0 Å². The van der Waals surface area contributed by atoms with Crippen LogP contribution in [-0.2, 0) is 12.8 Å². The second-order valence-corrected chi connectivity index (χ2v) is 5.97. The predicted molar refractivity (Wildman–Crippen MR) is 79.5 cm³/mol. The number of thiophene rings is 1. The number of methoxy groups -OCH3 is 2. The van der Waals surface area contributed by atoms with Gasteiger partial charge in [-0.15, -0.1) is 11.3 Å². The van der Waals surface area contributed by atoms with Gasteiger partial charge in [-0.2, -0.15) is 0 Å². The molecule has 0 aliphatic heterocycles. The van der Waals surface area contributed by atoms with E-state index in [1.54, 1.807) is 19.1 Å². The standard InChI is InChI=1S/C16H18O2S/c1-17-12-7-8-13(14(10-12)18-2)16-9-11-5-3-4-6-15(11)19-16/h7-10H,3-6H2,1-2H3. The van der Waals surface area contributed by atoms with Gasteiger partial charge in [0.05, 0.1) is 14.2 Å². The van der Waals surface area contributed by atoms with Crippen LogP contribution in [0, 0.1) is 0 Å².